The maximum absolute atomic E-state index is 12.2. The van der Waals surface area contributed by atoms with Crippen molar-refractivity contribution in [1.82, 2.24) is 14.9 Å². The molecular formula is C15H25N3O2. The molecule has 0 saturated carbocycles. The van der Waals surface area contributed by atoms with E-state index in [-0.39, 0.29) is 17.6 Å². The molecule has 112 valence electrons. The zero-order valence-electron chi connectivity index (χ0n) is 12.9. The highest BCUT2D eigenvalue weighted by atomic mass is 16.5. The van der Waals surface area contributed by atoms with E-state index in [0.29, 0.717) is 12.4 Å². The number of morpholine rings is 1. The number of rotatable bonds is 4. The lowest BCUT2D eigenvalue weighted by Crippen LogP contribution is -2.40. The largest absolute Gasteiger partial charge is 0.368 e. The Morgan fingerprint density at radius 2 is 2.25 bits per heavy atom. The normalized spacial score (nSPS) is 20.6. The summed E-state index contributed by atoms with van der Waals surface area (Å²) in [5.41, 5.74) is 1.56. The minimum Gasteiger partial charge on any atom is -0.368 e. The molecule has 5 heteroatoms. The fraction of sp³-hybridized carbons (Fsp3) is 0.733. The van der Waals surface area contributed by atoms with E-state index in [1.54, 1.807) is 0 Å². The summed E-state index contributed by atoms with van der Waals surface area (Å²) in [7, 11) is 0. The Bertz CT molecular complexity index is 508. The van der Waals surface area contributed by atoms with Gasteiger partial charge in [-0.1, -0.05) is 20.8 Å². The van der Waals surface area contributed by atoms with Crippen LogP contribution in [0.4, 0.5) is 0 Å². The van der Waals surface area contributed by atoms with Crippen molar-refractivity contribution in [3.8, 4) is 0 Å². The van der Waals surface area contributed by atoms with Crippen molar-refractivity contribution in [2.45, 2.75) is 46.1 Å². The molecular weight excluding hydrogens is 254 g/mol. The quantitative estimate of drug-likeness (QED) is 0.915. The molecule has 0 aliphatic carbocycles. The third kappa shape index (κ3) is 3.27. The maximum atomic E-state index is 12.2. The zero-order valence-corrected chi connectivity index (χ0v) is 12.9. The van der Waals surface area contributed by atoms with Crippen LogP contribution in [0, 0.1) is 6.92 Å². The summed E-state index contributed by atoms with van der Waals surface area (Å²) in [4.78, 5) is 22.0. The molecule has 0 aromatic carbocycles. The molecule has 1 aromatic heterocycles. The SMILES string of the molecule is CCCN1CCOC(c2nc(C)c(C(C)C)c(=O)[nH]2)C1. The molecule has 1 saturated heterocycles. The predicted octanol–water partition coefficient (Wildman–Crippen LogP) is 1.99. The molecule has 1 unspecified atom stereocenters. The zero-order chi connectivity index (χ0) is 14.7. The van der Waals surface area contributed by atoms with Crippen LogP contribution in [0.3, 0.4) is 0 Å². The first kappa shape index (κ1) is 15.2. The summed E-state index contributed by atoms with van der Waals surface area (Å²) in [6.07, 6.45) is 1.00. The lowest BCUT2D eigenvalue weighted by molar-refractivity contribution is -0.0344. The Labute approximate surface area is 120 Å². The summed E-state index contributed by atoms with van der Waals surface area (Å²) in [6.45, 7) is 11.6. The van der Waals surface area contributed by atoms with Gasteiger partial charge < -0.3 is 9.72 Å². The predicted molar refractivity (Wildman–Crippen MR) is 79.1 cm³/mol. The molecule has 1 N–H and O–H groups in total. The van der Waals surface area contributed by atoms with E-state index in [4.69, 9.17) is 4.74 Å². The van der Waals surface area contributed by atoms with Gasteiger partial charge in [-0.3, -0.25) is 9.69 Å². The maximum Gasteiger partial charge on any atom is 0.254 e. The van der Waals surface area contributed by atoms with Gasteiger partial charge in [0.2, 0.25) is 0 Å². The van der Waals surface area contributed by atoms with Gasteiger partial charge in [-0.15, -0.1) is 0 Å². The average Bonchev–Trinajstić information content (AvgIpc) is 2.38. The number of hydrogen-bond donors (Lipinski definition) is 1. The van der Waals surface area contributed by atoms with Gasteiger partial charge in [0.05, 0.1) is 6.61 Å². The van der Waals surface area contributed by atoms with Crippen LogP contribution in [0.15, 0.2) is 4.79 Å². The average molecular weight is 279 g/mol. The molecule has 2 rings (SSSR count). The second-order valence-electron chi connectivity index (χ2n) is 5.76. The first-order valence-electron chi connectivity index (χ1n) is 7.47. The summed E-state index contributed by atoms with van der Waals surface area (Å²) >= 11 is 0. The molecule has 2 heterocycles. The van der Waals surface area contributed by atoms with E-state index < -0.39 is 0 Å². The van der Waals surface area contributed by atoms with Crippen molar-refractivity contribution in [3.05, 3.63) is 27.4 Å². The van der Waals surface area contributed by atoms with Crippen molar-refractivity contribution in [1.29, 1.82) is 0 Å². The highest BCUT2D eigenvalue weighted by Gasteiger charge is 2.24. The number of nitrogens with one attached hydrogen (secondary N) is 1. The Balaban J connectivity index is 2.23. The van der Waals surface area contributed by atoms with Crippen LogP contribution in [-0.4, -0.2) is 41.1 Å². The first-order chi connectivity index (χ1) is 9.52. The second-order valence-corrected chi connectivity index (χ2v) is 5.76. The molecule has 0 amide bonds. The Kier molecular flexibility index (Phi) is 4.94. The lowest BCUT2D eigenvalue weighted by Gasteiger charge is -2.32. The Morgan fingerprint density at radius 1 is 1.50 bits per heavy atom. The molecule has 0 spiro atoms. The number of hydrogen-bond acceptors (Lipinski definition) is 4. The van der Waals surface area contributed by atoms with Crippen molar-refractivity contribution >= 4 is 0 Å². The smallest absolute Gasteiger partial charge is 0.254 e. The van der Waals surface area contributed by atoms with Gasteiger partial charge in [0.15, 0.2) is 0 Å². The molecule has 1 fully saturated rings. The Hall–Kier alpha value is -1.20. The van der Waals surface area contributed by atoms with Gasteiger partial charge in [-0.2, -0.15) is 0 Å². The summed E-state index contributed by atoms with van der Waals surface area (Å²) in [6, 6.07) is 0. The van der Waals surface area contributed by atoms with Crippen molar-refractivity contribution in [3.63, 3.8) is 0 Å². The monoisotopic (exact) mass is 279 g/mol. The molecule has 5 nitrogen and oxygen atoms in total. The van der Waals surface area contributed by atoms with Crippen molar-refractivity contribution < 1.29 is 4.74 Å². The van der Waals surface area contributed by atoms with Gasteiger partial charge in [0, 0.05) is 24.3 Å². The van der Waals surface area contributed by atoms with Gasteiger partial charge >= 0.3 is 0 Å². The number of aromatic amines is 1. The standard InChI is InChI=1S/C15H25N3O2/c1-5-6-18-7-8-20-12(9-18)14-16-11(4)13(10(2)3)15(19)17-14/h10,12H,5-9H2,1-4H3,(H,16,17,19). The van der Waals surface area contributed by atoms with Crippen LogP contribution < -0.4 is 5.56 Å². The van der Waals surface area contributed by atoms with Crippen LogP contribution in [0.1, 0.15) is 56.3 Å². The number of ether oxygens (including phenoxy) is 1. The van der Waals surface area contributed by atoms with Crippen LogP contribution in [-0.2, 0) is 4.74 Å². The number of H-pyrrole nitrogens is 1. The molecule has 0 bridgehead atoms. The molecule has 20 heavy (non-hydrogen) atoms. The molecule has 1 aliphatic heterocycles. The fourth-order valence-corrected chi connectivity index (χ4v) is 2.84. The van der Waals surface area contributed by atoms with Crippen LogP contribution in [0.5, 0.6) is 0 Å². The highest BCUT2D eigenvalue weighted by molar-refractivity contribution is 5.20. The van der Waals surface area contributed by atoms with E-state index in [0.717, 1.165) is 37.3 Å². The molecule has 1 atom stereocenters. The van der Waals surface area contributed by atoms with E-state index >= 15 is 0 Å². The van der Waals surface area contributed by atoms with E-state index in [1.807, 2.05) is 20.8 Å². The number of aromatic nitrogens is 2. The van der Waals surface area contributed by atoms with Crippen molar-refractivity contribution in [2.75, 3.05) is 26.2 Å². The number of nitrogens with zero attached hydrogens (tertiary/aromatic N) is 2. The third-order valence-corrected chi connectivity index (χ3v) is 3.74. The molecule has 1 aromatic rings. The molecule has 1 aliphatic rings. The third-order valence-electron chi connectivity index (χ3n) is 3.74. The van der Waals surface area contributed by atoms with Crippen molar-refractivity contribution in [2.24, 2.45) is 0 Å². The van der Waals surface area contributed by atoms with Gasteiger partial charge in [0.1, 0.15) is 11.9 Å². The minimum atomic E-state index is -0.122. The van der Waals surface area contributed by atoms with Gasteiger partial charge in [0.25, 0.3) is 5.56 Å². The number of aryl methyl sites for hydroxylation is 1. The van der Waals surface area contributed by atoms with E-state index in [9.17, 15) is 4.79 Å². The summed E-state index contributed by atoms with van der Waals surface area (Å²) in [5.74, 6) is 0.849. The summed E-state index contributed by atoms with van der Waals surface area (Å²) < 4.78 is 5.78. The van der Waals surface area contributed by atoms with Crippen LogP contribution >= 0.6 is 0 Å². The second kappa shape index (κ2) is 6.50. The van der Waals surface area contributed by atoms with Gasteiger partial charge in [-0.05, 0) is 25.8 Å². The highest BCUT2D eigenvalue weighted by Crippen LogP contribution is 2.20. The van der Waals surface area contributed by atoms with Crippen LogP contribution in [0.25, 0.3) is 0 Å². The fourth-order valence-electron chi connectivity index (χ4n) is 2.84. The Morgan fingerprint density at radius 3 is 2.85 bits per heavy atom. The lowest BCUT2D eigenvalue weighted by atomic mass is 10.0. The van der Waals surface area contributed by atoms with Crippen LogP contribution in [0.2, 0.25) is 0 Å². The first-order valence-corrected chi connectivity index (χ1v) is 7.47. The van der Waals surface area contributed by atoms with Gasteiger partial charge in [-0.25, -0.2) is 4.98 Å². The topological polar surface area (TPSA) is 58.2 Å². The minimum absolute atomic E-state index is 0.0290. The van der Waals surface area contributed by atoms with E-state index in [2.05, 4.69) is 21.8 Å². The summed E-state index contributed by atoms with van der Waals surface area (Å²) in [5, 5.41) is 0. The molecule has 0 radical (unpaired) electrons. The van der Waals surface area contributed by atoms with E-state index in [1.165, 1.54) is 0 Å².